The fourth-order valence-corrected chi connectivity index (χ4v) is 4.42. The van der Waals surface area contributed by atoms with Crippen LogP contribution in [0.5, 0.6) is 0 Å². The summed E-state index contributed by atoms with van der Waals surface area (Å²) in [6.07, 6.45) is 3.97. The number of likely N-dealkylation sites (tertiary alicyclic amines) is 1. The molecule has 174 valence electrons. The molecule has 0 spiro atoms. The minimum Gasteiger partial charge on any atom is -0.459 e. The van der Waals surface area contributed by atoms with Crippen LogP contribution in [0.2, 0.25) is 0 Å². The van der Waals surface area contributed by atoms with Crippen LogP contribution in [0, 0.1) is 0 Å². The highest BCUT2D eigenvalue weighted by molar-refractivity contribution is 14.0. The first kappa shape index (κ1) is 24.6. The summed E-state index contributed by atoms with van der Waals surface area (Å²) in [5, 5.41) is 3.45. The van der Waals surface area contributed by atoms with Crippen LogP contribution in [0.15, 0.2) is 58.1 Å². The van der Waals surface area contributed by atoms with Crippen molar-refractivity contribution in [1.82, 2.24) is 20.0 Å². The van der Waals surface area contributed by atoms with Gasteiger partial charge in [0.2, 0.25) is 0 Å². The lowest BCUT2D eigenvalue weighted by atomic mass is 10.2. The second-order valence-electron chi connectivity index (χ2n) is 8.20. The Morgan fingerprint density at radius 3 is 2.50 bits per heavy atom. The average molecular weight is 551 g/mol. The number of piperazine rings is 1. The molecule has 2 saturated heterocycles. The largest absolute Gasteiger partial charge is 0.459 e. The number of furan rings is 1. The van der Waals surface area contributed by atoms with Crippen molar-refractivity contribution in [1.29, 1.82) is 0 Å². The molecule has 1 aromatic carbocycles. The first-order valence-electron chi connectivity index (χ1n) is 11.4. The van der Waals surface area contributed by atoms with E-state index in [1.807, 2.05) is 4.90 Å². The molecular formula is C24H34IN5O2. The normalized spacial score (nSPS) is 19.7. The van der Waals surface area contributed by atoms with E-state index in [1.165, 1.54) is 18.4 Å². The van der Waals surface area contributed by atoms with Gasteiger partial charge in [0.05, 0.1) is 12.8 Å². The van der Waals surface area contributed by atoms with Crippen LogP contribution < -0.4 is 5.32 Å². The van der Waals surface area contributed by atoms with Gasteiger partial charge in [-0.3, -0.25) is 14.7 Å². The van der Waals surface area contributed by atoms with Gasteiger partial charge >= 0.3 is 0 Å². The Hall–Kier alpha value is -2.07. The summed E-state index contributed by atoms with van der Waals surface area (Å²) < 4.78 is 5.26. The number of halogens is 1. The Labute approximate surface area is 207 Å². The maximum atomic E-state index is 12.5. The Bertz CT molecular complexity index is 851. The van der Waals surface area contributed by atoms with Crippen molar-refractivity contribution in [3.63, 3.8) is 0 Å². The van der Waals surface area contributed by atoms with Crippen molar-refractivity contribution in [3.05, 3.63) is 60.1 Å². The molecule has 0 aliphatic carbocycles. The summed E-state index contributed by atoms with van der Waals surface area (Å²) >= 11 is 0. The number of hydrogen-bond acceptors (Lipinski definition) is 4. The third-order valence-electron chi connectivity index (χ3n) is 6.11. The van der Waals surface area contributed by atoms with E-state index in [2.05, 4.69) is 52.4 Å². The third-order valence-corrected chi connectivity index (χ3v) is 6.11. The van der Waals surface area contributed by atoms with E-state index < -0.39 is 0 Å². The average Bonchev–Trinajstić information content (AvgIpc) is 3.50. The van der Waals surface area contributed by atoms with Gasteiger partial charge in [0.25, 0.3) is 5.91 Å². The highest BCUT2D eigenvalue weighted by Gasteiger charge is 2.27. The Morgan fingerprint density at radius 2 is 1.81 bits per heavy atom. The zero-order valence-electron chi connectivity index (χ0n) is 18.8. The summed E-state index contributed by atoms with van der Waals surface area (Å²) in [6, 6.07) is 14.6. The van der Waals surface area contributed by atoms with Crippen molar-refractivity contribution in [2.75, 3.05) is 45.8 Å². The summed E-state index contributed by atoms with van der Waals surface area (Å²) in [4.78, 5) is 24.2. The number of guanidine groups is 1. The van der Waals surface area contributed by atoms with E-state index in [4.69, 9.17) is 9.41 Å². The lowest BCUT2D eigenvalue weighted by Gasteiger charge is -2.36. The maximum Gasteiger partial charge on any atom is 0.289 e. The van der Waals surface area contributed by atoms with E-state index in [0.717, 1.165) is 45.2 Å². The van der Waals surface area contributed by atoms with Gasteiger partial charge in [0, 0.05) is 45.3 Å². The summed E-state index contributed by atoms with van der Waals surface area (Å²) in [5.41, 5.74) is 1.36. The number of benzene rings is 1. The smallest absolute Gasteiger partial charge is 0.289 e. The first-order chi connectivity index (χ1) is 15.2. The first-order valence-corrected chi connectivity index (χ1v) is 11.4. The Morgan fingerprint density at radius 1 is 1.06 bits per heavy atom. The molecule has 32 heavy (non-hydrogen) atoms. The molecule has 2 aliphatic rings. The SMILES string of the molecule is CCNC(=NCC1CCCN1Cc1ccccc1)N1CCN(C(=O)c2ccco2)CC1.I. The lowest BCUT2D eigenvalue weighted by Crippen LogP contribution is -2.54. The van der Waals surface area contributed by atoms with Gasteiger partial charge in [0.1, 0.15) is 0 Å². The van der Waals surface area contributed by atoms with Crippen LogP contribution in [-0.2, 0) is 6.54 Å². The Kier molecular flexibility index (Phi) is 9.40. The van der Waals surface area contributed by atoms with Crippen molar-refractivity contribution < 1.29 is 9.21 Å². The zero-order valence-corrected chi connectivity index (χ0v) is 21.1. The topological polar surface area (TPSA) is 64.3 Å². The zero-order chi connectivity index (χ0) is 21.5. The van der Waals surface area contributed by atoms with Crippen molar-refractivity contribution in [2.45, 2.75) is 32.4 Å². The van der Waals surface area contributed by atoms with Crippen molar-refractivity contribution in [2.24, 2.45) is 4.99 Å². The summed E-state index contributed by atoms with van der Waals surface area (Å²) in [7, 11) is 0. The van der Waals surface area contributed by atoms with E-state index >= 15 is 0 Å². The van der Waals surface area contributed by atoms with Gasteiger partial charge in [-0.2, -0.15) is 0 Å². The Balaban J connectivity index is 0.00000289. The number of nitrogens with one attached hydrogen (secondary N) is 1. The molecule has 7 nitrogen and oxygen atoms in total. The minimum absolute atomic E-state index is 0. The fourth-order valence-electron chi connectivity index (χ4n) is 4.42. The molecule has 1 atom stereocenters. The van der Waals surface area contributed by atoms with Crippen LogP contribution >= 0.6 is 24.0 Å². The molecule has 2 aromatic rings. The molecule has 1 amide bonds. The highest BCUT2D eigenvalue weighted by atomic mass is 127. The van der Waals surface area contributed by atoms with Crippen LogP contribution in [0.3, 0.4) is 0 Å². The predicted octanol–water partition coefficient (Wildman–Crippen LogP) is 3.29. The highest BCUT2D eigenvalue weighted by Crippen LogP contribution is 2.20. The van der Waals surface area contributed by atoms with Gasteiger partial charge in [-0.1, -0.05) is 30.3 Å². The minimum atomic E-state index is -0.0332. The molecule has 3 heterocycles. The van der Waals surface area contributed by atoms with Gasteiger partial charge in [0.15, 0.2) is 11.7 Å². The predicted molar refractivity (Wildman–Crippen MR) is 137 cm³/mol. The fraction of sp³-hybridized carbons (Fsp3) is 0.500. The maximum absolute atomic E-state index is 12.5. The van der Waals surface area contributed by atoms with Gasteiger partial charge in [-0.05, 0) is 44.0 Å². The number of rotatable bonds is 6. The van der Waals surface area contributed by atoms with E-state index in [9.17, 15) is 4.79 Å². The van der Waals surface area contributed by atoms with Gasteiger partial charge in [-0.25, -0.2) is 0 Å². The number of carbonyl (C=O) groups is 1. The van der Waals surface area contributed by atoms with E-state index in [-0.39, 0.29) is 29.9 Å². The van der Waals surface area contributed by atoms with E-state index in [1.54, 1.807) is 18.4 Å². The second kappa shape index (κ2) is 12.2. The number of aliphatic imine (C=N–C) groups is 1. The van der Waals surface area contributed by atoms with Crippen molar-refractivity contribution in [3.8, 4) is 0 Å². The second-order valence-corrected chi connectivity index (χ2v) is 8.20. The number of hydrogen-bond donors (Lipinski definition) is 1. The molecule has 8 heteroatoms. The monoisotopic (exact) mass is 551 g/mol. The molecule has 4 rings (SSSR count). The third kappa shape index (κ3) is 6.25. The molecular weight excluding hydrogens is 517 g/mol. The van der Waals surface area contributed by atoms with Crippen molar-refractivity contribution >= 4 is 35.8 Å². The van der Waals surface area contributed by atoms with Crippen LogP contribution in [0.1, 0.15) is 35.9 Å². The molecule has 1 N–H and O–H groups in total. The molecule has 2 aliphatic heterocycles. The molecule has 2 fully saturated rings. The summed E-state index contributed by atoms with van der Waals surface area (Å²) in [5.74, 6) is 1.34. The molecule has 1 aromatic heterocycles. The molecule has 0 saturated carbocycles. The molecule has 0 bridgehead atoms. The van der Waals surface area contributed by atoms with Crippen LogP contribution in [-0.4, -0.2) is 78.4 Å². The molecule has 1 unspecified atom stereocenters. The quantitative estimate of drug-likeness (QED) is 0.339. The van der Waals surface area contributed by atoms with Crippen LogP contribution in [0.25, 0.3) is 0 Å². The van der Waals surface area contributed by atoms with E-state index in [0.29, 0.717) is 24.9 Å². The van der Waals surface area contributed by atoms with Gasteiger partial charge < -0.3 is 19.5 Å². The number of carbonyl (C=O) groups excluding carboxylic acids is 1. The summed E-state index contributed by atoms with van der Waals surface area (Å²) in [6.45, 7) is 8.77. The van der Waals surface area contributed by atoms with Crippen LogP contribution in [0.4, 0.5) is 0 Å². The lowest BCUT2D eigenvalue weighted by molar-refractivity contribution is 0.0657. The number of amides is 1. The molecule has 0 radical (unpaired) electrons. The number of nitrogens with zero attached hydrogens (tertiary/aromatic N) is 4. The standard InChI is InChI=1S/C24H33N5O2.HI/c1-2-25-24(28-15-13-27(14-16-28)23(30)22-11-7-17-31-22)26-18-21-10-6-12-29(21)19-20-8-4-3-5-9-20;/h3-5,7-9,11,17,21H,2,6,10,12-16,18-19H2,1H3,(H,25,26);1H. The van der Waals surface area contributed by atoms with Gasteiger partial charge in [-0.15, -0.1) is 24.0 Å².